The first-order chi connectivity index (χ1) is 4.86. The highest BCUT2D eigenvalue weighted by atomic mass is 14.6. The van der Waals surface area contributed by atoms with E-state index in [0.29, 0.717) is 0 Å². The van der Waals surface area contributed by atoms with E-state index in [9.17, 15) is 0 Å². The van der Waals surface area contributed by atoms with Gasteiger partial charge in [-0.25, -0.2) is 0 Å². The predicted octanol–water partition coefficient (Wildman–Crippen LogP) is 2.16. The SMILES string of the molecule is CCC[C@@H]1CCC(CN)C1. The van der Waals surface area contributed by atoms with Crippen LogP contribution >= 0.6 is 0 Å². The lowest BCUT2D eigenvalue weighted by molar-refractivity contribution is 0.464. The van der Waals surface area contributed by atoms with Crippen molar-refractivity contribution in [2.75, 3.05) is 6.54 Å². The topological polar surface area (TPSA) is 26.0 Å². The van der Waals surface area contributed by atoms with Crippen LogP contribution in [0, 0.1) is 11.8 Å². The zero-order chi connectivity index (χ0) is 7.40. The van der Waals surface area contributed by atoms with Crippen LogP contribution in [0.25, 0.3) is 0 Å². The Labute approximate surface area is 64.0 Å². The van der Waals surface area contributed by atoms with E-state index in [1.54, 1.807) is 0 Å². The van der Waals surface area contributed by atoms with E-state index in [1.165, 1.54) is 32.1 Å². The van der Waals surface area contributed by atoms with Crippen LogP contribution in [0.4, 0.5) is 0 Å². The van der Waals surface area contributed by atoms with Gasteiger partial charge < -0.3 is 5.73 Å². The molecule has 0 aromatic rings. The third-order valence-electron chi connectivity index (χ3n) is 2.68. The normalized spacial score (nSPS) is 33.0. The van der Waals surface area contributed by atoms with E-state index in [4.69, 9.17) is 5.73 Å². The molecule has 2 N–H and O–H groups in total. The zero-order valence-electron chi connectivity index (χ0n) is 6.97. The number of nitrogens with two attached hydrogens (primary N) is 1. The molecular weight excluding hydrogens is 122 g/mol. The summed E-state index contributed by atoms with van der Waals surface area (Å²) in [6, 6.07) is 0. The van der Waals surface area contributed by atoms with E-state index < -0.39 is 0 Å². The Bertz CT molecular complexity index is 90.7. The molecule has 10 heavy (non-hydrogen) atoms. The first kappa shape index (κ1) is 8.06. The summed E-state index contributed by atoms with van der Waals surface area (Å²) in [4.78, 5) is 0. The van der Waals surface area contributed by atoms with Crippen molar-refractivity contribution >= 4 is 0 Å². The molecule has 1 nitrogen and oxygen atoms in total. The van der Waals surface area contributed by atoms with Gasteiger partial charge in [-0.3, -0.25) is 0 Å². The minimum Gasteiger partial charge on any atom is -0.330 e. The predicted molar refractivity (Wildman–Crippen MR) is 44.8 cm³/mol. The third-order valence-corrected chi connectivity index (χ3v) is 2.68. The highest BCUT2D eigenvalue weighted by molar-refractivity contribution is 4.75. The van der Waals surface area contributed by atoms with Crippen LogP contribution < -0.4 is 5.73 Å². The Balaban J connectivity index is 2.15. The number of hydrogen-bond donors (Lipinski definition) is 1. The third kappa shape index (κ3) is 1.98. The largest absolute Gasteiger partial charge is 0.330 e. The number of hydrogen-bond acceptors (Lipinski definition) is 1. The van der Waals surface area contributed by atoms with Crippen LogP contribution in [0.1, 0.15) is 39.0 Å². The Morgan fingerprint density at radius 1 is 1.30 bits per heavy atom. The molecule has 1 aliphatic rings. The van der Waals surface area contributed by atoms with Crippen LogP contribution in [-0.2, 0) is 0 Å². The van der Waals surface area contributed by atoms with Gasteiger partial charge in [0.1, 0.15) is 0 Å². The van der Waals surface area contributed by atoms with Crippen molar-refractivity contribution in [3.8, 4) is 0 Å². The average molecular weight is 141 g/mol. The monoisotopic (exact) mass is 141 g/mol. The maximum atomic E-state index is 5.59. The average Bonchev–Trinajstić information content (AvgIpc) is 2.37. The molecule has 0 saturated heterocycles. The summed E-state index contributed by atoms with van der Waals surface area (Å²) >= 11 is 0. The fraction of sp³-hybridized carbons (Fsp3) is 1.00. The summed E-state index contributed by atoms with van der Waals surface area (Å²) in [5.41, 5.74) is 5.59. The van der Waals surface area contributed by atoms with E-state index in [0.717, 1.165) is 18.4 Å². The van der Waals surface area contributed by atoms with Gasteiger partial charge in [-0.1, -0.05) is 26.2 Å². The van der Waals surface area contributed by atoms with Gasteiger partial charge >= 0.3 is 0 Å². The number of rotatable bonds is 3. The molecule has 0 heterocycles. The van der Waals surface area contributed by atoms with Gasteiger partial charge in [0.05, 0.1) is 0 Å². The molecule has 0 radical (unpaired) electrons. The van der Waals surface area contributed by atoms with Crippen molar-refractivity contribution in [2.24, 2.45) is 17.6 Å². The standard InChI is InChI=1S/C9H19N/c1-2-3-8-4-5-9(6-8)7-10/h8-9H,2-7,10H2,1H3/t8-,9?/m1/s1. The van der Waals surface area contributed by atoms with Crippen LogP contribution in [0.2, 0.25) is 0 Å². The van der Waals surface area contributed by atoms with Gasteiger partial charge in [-0.2, -0.15) is 0 Å². The summed E-state index contributed by atoms with van der Waals surface area (Å²) in [5, 5.41) is 0. The molecule has 2 atom stereocenters. The van der Waals surface area contributed by atoms with E-state index in [2.05, 4.69) is 6.92 Å². The van der Waals surface area contributed by atoms with Crippen LogP contribution in [0.5, 0.6) is 0 Å². The Morgan fingerprint density at radius 3 is 2.50 bits per heavy atom. The van der Waals surface area contributed by atoms with Crippen molar-refractivity contribution in [1.82, 2.24) is 0 Å². The molecule has 0 amide bonds. The van der Waals surface area contributed by atoms with Gasteiger partial charge in [-0.15, -0.1) is 0 Å². The molecule has 0 aliphatic heterocycles. The lowest BCUT2D eigenvalue weighted by Gasteiger charge is -2.07. The maximum Gasteiger partial charge on any atom is -0.00488 e. The summed E-state index contributed by atoms with van der Waals surface area (Å²) in [7, 11) is 0. The van der Waals surface area contributed by atoms with Crippen LogP contribution in [0.3, 0.4) is 0 Å². The molecule has 1 rings (SSSR count). The molecular formula is C9H19N. The Kier molecular flexibility index (Phi) is 3.20. The fourth-order valence-electron chi connectivity index (χ4n) is 2.06. The van der Waals surface area contributed by atoms with E-state index in [1.807, 2.05) is 0 Å². The maximum absolute atomic E-state index is 5.59. The second-order valence-corrected chi connectivity index (χ2v) is 3.57. The van der Waals surface area contributed by atoms with Gasteiger partial charge in [-0.05, 0) is 31.2 Å². The van der Waals surface area contributed by atoms with Crippen molar-refractivity contribution in [3.63, 3.8) is 0 Å². The first-order valence-electron chi connectivity index (χ1n) is 4.56. The molecule has 1 fully saturated rings. The van der Waals surface area contributed by atoms with E-state index >= 15 is 0 Å². The van der Waals surface area contributed by atoms with Crippen molar-refractivity contribution in [1.29, 1.82) is 0 Å². The summed E-state index contributed by atoms with van der Waals surface area (Å²) in [6.07, 6.45) is 7.01. The zero-order valence-corrected chi connectivity index (χ0v) is 6.97. The lowest BCUT2D eigenvalue weighted by Crippen LogP contribution is -2.10. The summed E-state index contributed by atoms with van der Waals surface area (Å²) < 4.78 is 0. The lowest BCUT2D eigenvalue weighted by atomic mass is 10.0. The van der Waals surface area contributed by atoms with Crippen molar-refractivity contribution in [3.05, 3.63) is 0 Å². The van der Waals surface area contributed by atoms with Gasteiger partial charge in [0, 0.05) is 0 Å². The van der Waals surface area contributed by atoms with Crippen molar-refractivity contribution < 1.29 is 0 Å². The van der Waals surface area contributed by atoms with Crippen molar-refractivity contribution in [2.45, 2.75) is 39.0 Å². The minimum atomic E-state index is 0.858. The minimum absolute atomic E-state index is 0.858. The molecule has 1 unspecified atom stereocenters. The molecule has 1 aliphatic carbocycles. The summed E-state index contributed by atoms with van der Waals surface area (Å²) in [6.45, 7) is 3.19. The second kappa shape index (κ2) is 3.97. The van der Waals surface area contributed by atoms with Gasteiger partial charge in [0.25, 0.3) is 0 Å². The van der Waals surface area contributed by atoms with Crippen LogP contribution in [0.15, 0.2) is 0 Å². The molecule has 1 saturated carbocycles. The highest BCUT2D eigenvalue weighted by Gasteiger charge is 2.22. The van der Waals surface area contributed by atoms with Gasteiger partial charge in [0.2, 0.25) is 0 Å². The molecule has 0 spiro atoms. The molecule has 60 valence electrons. The highest BCUT2D eigenvalue weighted by Crippen LogP contribution is 2.32. The Morgan fingerprint density at radius 2 is 2.00 bits per heavy atom. The van der Waals surface area contributed by atoms with Crippen LogP contribution in [-0.4, -0.2) is 6.54 Å². The molecule has 0 aromatic heterocycles. The molecule has 1 heteroatoms. The van der Waals surface area contributed by atoms with E-state index in [-0.39, 0.29) is 0 Å². The first-order valence-corrected chi connectivity index (χ1v) is 4.56. The van der Waals surface area contributed by atoms with Gasteiger partial charge in [0.15, 0.2) is 0 Å². The quantitative estimate of drug-likeness (QED) is 0.640. The molecule has 0 aromatic carbocycles. The fourth-order valence-corrected chi connectivity index (χ4v) is 2.06. The Hall–Kier alpha value is -0.0400. The second-order valence-electron chi connectivity index (χ2n) is 3.57. The molecule has 0 bridgehead atoms. The summed E-state index contributed by atoms with van der Waals surface area (Å²) in [5.74, 6) is 1.87. The smallest absolute Gasteiger partial charge is 0.00488 e.